The van der Waals surface area contributed by atoms with Crippen LogP contribution in [-0.4, -0.2) is 55.8 Å². The molecule has 0 radical (unpaired) electrons. The predicted octanol–water partition coefficient (Wildman–Crippen LogP) is 2.03. The molecule has 0 amide bonds. The van der Waals surface area contributed by atoms with Crippen LogP contribution in [0, 0.1) is 4.91 Å². The monoisotopic (exact) mass is 295 g/mol. The molecular formula is C10H9CaNO5S. The number of rotatable bonds is 2. The minimum Gasteiger partial charge on any atom is -1.00 e. The van der Waals surface area contributed by atoms with E-state index >= 15 is 0 Å². The first-order chi connectivity index (χ1) is 7.95. The van der Waals surface area contributed by atoms with Gasteiger partial charge in [0.05, 0.1) is 0 Å². The molecule has 0 atom stereocenters. The Morgan fingerprint density at radius 3 is 2.22 bits per heavy atom. The quantitative estimate of drug-likeness (QED) is 0.501. The molecule has 2 aromatic rings. The van der Waals surface area contributed by atoms with E-state index in [1.165, 1.54) is 12.1 Å². The van der Waals surface area contributed by atoms with Crippen LogP contribution in [0.15, 0.2) is 40.4 Å². The number of fused-ring (bicyclic) bond motifs is 1. The van der Waals surface area contributed by atoms with Gasteiger partial charge in [-0.1, -0.05) is 24.3 Å². The second kappa shape index (κ2) is 5.50. The van der Waals surface area contributed by atoms with Gasteiger partial charge in [-0.25, -0.2) is 0 Å². The standard InChI is InChI=1S/C10H7NO5S.Ca.2H/c12-10-7-4-2-1-3-6(7)9(17(14,15)16)5-8(10)11-13;;;/h1-5,12H,(H,14,15,16);;;/q;+2;2*-1. The average Bonchev–Trinajstić information content (AvgIpc) is 2.28. The molecule has 0 saturated heterocycles. The van der Waals surface area contributed by atoms with E-state index in [9.17, 15) is 18.4 Å². The van der Waals surface area contributed by atoms with Gasteiger partial charge in [-0.3, -0.25) is 4.55 Å². The van der Waals surface area contributed by atoms with Crippen LogP contribution < -0.4 is 0 Å². The average molecular weight is 295 g/mol. The number of aromatic hydroxyl groups is 1. The van der Waals surface area contributed by atoms with Crippen LogP contribution in [0.25, 0.3) is 10.8 Å². The molecule has 0 heterocycles. The molecule has 18 heavy (non-hydrogen) atoms. The maximum atomic E-state index is 11.2. The van der Waals surface area contributed by atoms with Crippen molar-refractivity contribution in [2.75, 3.05) is 0 Å². The molecule has 6 nitrogen and oxygen atoms in total. The number of hydrogen-bond donors (Lipinski definition) is 2. The van der Waals surface area contributed by atoms with Gasteiger partial charge in [-0.2, -0.15) is 8.42 Å². The molecule has 92 valence electrons. The minimum absolute atomic E-state index is 0. The van der Waals surface area contributed by atoms with Crippen molar-refractivity contribution in [3.63, 3.8) is 0 Å². The molecular weight excluding hydrogens is 286 g/mol. The number of nitroso groups, excluding NO2 is 1. The van der Waals surface area contributed by atoms with Gasteiger partial charge in [0, 0.05) is 10.8 Å². The zero-order valence-corrected chi connectivity index (χ0v) is 12.1. The molecule has 0 spiro atoms. The van der Waals surface area contributed by atoms with Crippen molar-refractivity contribution in [1.82, 2.24) is 0 Å². The molecule has 0 aliphatic heterocycles. The van der Waals surface area contributed by atoms with E-state index in [1.807, 2.05) is 0 Å². The molecule has 2 aromatic carbocycles. The Kier molecular flexibility index (Phi) is 4.68. The number of nitrogens with zero attached hydrogens (tertiary/aromatic N) is 1. The van der Waals surface area contributed by atoms with E-state index < -0.39 is 26.5 Å². The number of hydrogen-bond acceptors (Lipinski definition) is 5. The molecule has 0 unspecified atom stereocenters. The summed E-state index contributed by atoms with van der Waals surface area (Å²) in [5, 5.41) is 12.4. The Morgan fingerprint density at radius 1 is 1.17 bits per heavy atom. The SMILES string of the molecule is O=Nc1cc(S(=O)(=O)O)c2ccccc2c1O.[Ca+2].[H-].[H-]. The summed E-state index contributed by atoms with van der Waals surface area (Å²) in [6.07, 6.45) is 0. The van der Waals surface area contributed by atoms with Crippen LogP contribution in [0.3, 0.4) is 0 Å². The first-order valence-electron chi connectivity index (χ1n) is 4.50. The molecule has 8 heteroatoms. The Bertz CT molecular complexity index is 723. The molecule has 0 saturated carbocycles. The van der Waals surface area contributed by atoms with Crippen LogP contribution in [0.2, 0.25) is 0 Å². The summed E-state index contributed by atoms with van der Waals surface area (Å²) >= 11 is 0. The summed E-state index contributed by atoms with van der Waals surface area (Å²) in [5.74, 6) is -0.414. The molecule has 2 N–H and O–H groups in total. The van der Waals surface area contributed by atoms with E-state index in [0.29, 0.717) is 0 Å². The van der Waals surface area contributed by atoms with Crippen LogP contribution >= 0.6 is 0 Å². The first-order valence-corrected chi connectivity index (χ1v) is 5.94. The third-order valence-corrected chi connectivity index (χ3v) is 3.23. The summed E-state index contributed by atoms with van der Waals surface area (Å²) < 4.78 is 31.4. The maximum Gasteiger partial charge on any atom is 2.00 e. The molecule has 0 aliphatic rings. The number of phenols is 1. The summed E-state index contributed by atoms with van der Waals surface area (Å²) in [6, 6.07) is 6.77. The van der Waals surface area contributed by atoms with Crippen molar-refractivity contribution in [2.24, 2.45) is 5.18 Å². The van der Waals surface area contributed by atoms with Crippen molar-refractivity contribution < 1.29 is 20.9 Å². The summed E-state index contributed by atoms with van der Waals surface area (Å²) in [5.41, 5.74) is -0.434. The Hall–Kier alpha value is -0.730. The second-order valence-corrected chi connectivity index (χ2v) is 4.74. The summed E-state index contributed by atoms with van der Waals surface area (Å²) in [6.45, 7) is 0. The van der Waals surface area contributed by atoms with Gasteiger partial charge >= 0.3 is 37.7 Å². The van der Waals surface area contributed by atoms with Crippen molar-refractivity contribution in [2.45, 2.75) is 4.90 Å². The van der Waals surface area contributed by atoms with Crippen LogP contribution in [0.4, 0.5) is 5.69 Å². The summed E-state index contributed by atoms with van der Waals surface area (Å²) in [7, 11) is -4.49. The zero-order chi connectivity index (χ0) is 12.6. The van der Waals surface area contributed by atoms with Gasteiger partial charge in [0.1, 0.15) is 4.90 Å². The van der Waals surface area contributed by atoms with E-state index in [2.05, 4.69) is 5.18 Å². The number of benzene rings is 2. The minimum atomic E-state index is -4.49. The number of phenolic OH excluding ortho intramolecular Hbond substituents is 1. The molecule has 0 aliphatic carbocycles. The molecule has 0 aromatic heterocycles. The van der Waals surface area contributed by atoms with Crippen molar-refractivity contribution >= 4 is 64.3 Å². The fourth-order valence-electron chi connectivity index (χ4n) is 1.60. The first kappa shape index (κ1) is 15.3. The maximum absolute atomic E-state index is 11.2. The van der Waals surface area contributed by atoms with E-state index in [4.69, 9.17) is 4.55 Å². The van der Waals surface area contributed by atoms with Crippen LogP contribution in [0.5, 0.6) is 5.75 Å². The summed E-state index contributed by atoms with van der Waals surface area (Å²) in [4.78, 5) is 10.0. The normalized spacial score (nSPS) is 10.9. The van der Waals surface area contributed by atoms with Crippen molar-refractivity contribution in [3.05, 3.63) is 35.2 Å². The van der Waals surface area contributed by atoms with Gasteiger partial charge in [-0.05, 0) is 11.2 Å². The van der Waals surface area contributed by atoms with Gasteiger partial charge in [0.15, 0.2) is 11.4 Å². The topological polar surface area (TPSA) is 104 Å². The van der Waals surface area contributed by atoms with Gasteiger partial charge in [0.25, 0.3) is 10.1 Å². The van der Waals surface area contributed by atoms with Gasteiger partial charge < -0.3 is 7.96 Å². The van der Waals surface area contributed by atoms with Gasteiger partial charge in [0.2, 0.25) is 0 Å². The van der Waals surface area contributed by atoms with E-state index in [-0.39, 0.29) is 51.4 Å². The Balaban J connectivity index is 0. The van der Waals surface area contributed by atoms with E-state index in [0.717, 1.165) is 6.07 Å². The third-order valence-electron chi connectivity index (χ3n) is 2.33. The molecule has 0 bridgehead atoms. The smallest absolute Gasteiger partial charge is 1.00 e. The Labute approximate surface area is 135 Å². The fraction of sp³-hybridized carbons (Fsp3) is 0. The molecule has 2 rings (SSSR count). The second-order valence-electron chi connectivity index (χ2n) is 3.35. The Morgan fingerprint density at radius 2 is 1.72 bits per heavy atom. The zero-order valence-electron chi connectivity index (χ0n) is 11.1. The van der Waals surface area contributed by atoms with Gasteiger partial charge in [-0.15, -0.1) is 4.91 Å². The van der Waals surface area contributed by atoms with Crippen molar-refractivity contribution in [1.29, 1.82) is 0 Å². The van der Waals surface area contributed by atoms with Crippen LogP contribution in [-0.2, 0) is 10.1 Å². The van der Waals surface area contributed by atoms with E-state index in [1.54, 1.807) is 12.1 Å². The predicted molar refractivity (Wildman–Crippen MR) is 68.9 cm³/mol. The third kappa shape index (κ3) is 2.65. The van der Waals surface area contributed by atoms with Crippen molar-refractivity contribution in [3.8, 4) is 5.75 Å². The fourth-order valence-corrected chi connectivity index (χ4v) is 2.31. The largest absolute Gasteiger partial charge is 2.00 e. The molecule has 0 fully saturated rings. The van der Waals surface area contributed by atoms with Crippen LogP contribution in [0.1, 0.15) is 2.85 Å².